The van der Waals surface area contributed by atoms with Crippen molar-refractivity contribution in [1.29, 1.82) is 0 Å². The molecule has 0 unspecified atom stereocenters. The molecule has 0 aliphatic heterocycles. The molecule has 0 fully saturated rings. The summed E-state index contributed by atoms with van der Waals surface area (Å²) in [6, 6.07) is 3.79. The predicted molar refractivity (Wildman–Crippen MR) is 78.6 cm³/mol. The van der Waals surface area contributed by atoms with E-state index in [1.807, 2.05) is 12.1 Å². The first-order valence-corrected chi connectivity index (χ1v) is 7.34. The number of aryl methyl sites for hydroxylation is 1. The van der Waals surface area contributed by atoms with E-state index in [2.05, 4.69) is 27.8 Å². The van der Waals surface area contributed by atoms with Gasteiger partial charge in [0.05, 0.1) is 5.69 Å². The van der Waals surface area contributed by atoms with E-state index < -0.39 is 0 Å². The molecule has 1 heterocycles. The number of hydrogen-bond acceptors (Lipinski definition) is 3. The Morgan fingerprint density at radius 2 is 2.00 bits per heavy atom. The standard InChI is InChI=1S/C14H19BrN2O/c1-2-3-4-5-6-7-13-17-12-9-10(15)8-11(16)14(12)18-13/h8-9H,2-7,16H2,1H3. The molecule has 0 bridgehead atoms. The maximum atomic E-state index is 5.90. The van der Waals surface area contributed by atoms with Crippen LogP contribution in [0.5, 0.6) is 0 Å². The van der Waals surface area contributed by atoms with E-state index in [1.54, 1.807) is 0 Å². The van der Waals surface area contributed by atoms with Crippen molar-refractivity contribution in [1.82, 2.24) is 4.98 Å². The molecule has 18 heavy (non-hydrogen) atoms. The molecule has 2 rings (SSSR count). The van der Waals surface area contributed by atoms with Crippen molar-refractivity contribution < 1.29 is 4.42 Å². The Hall–Kier alpha value is -1.03. The van der Waals surface area contributed by atoms with Crippen molar-refractivity contribution in [3.8, 4) is 0 Å². The number of nitrogen functional groups attached to an aromatic ring is 1. The molecule has 0 saturated carbocycles. The van der Waals surface area contributed by atoms with Gasteiger partial charge < -0.3 is 10.2 Å². The van der Waals surface area contributed by atoms with Gasteiger partial charge in [0.15, 0.2) is 11.5 Å². The lowest BCUT2D eigenvalue weighted by Gasteiger charge is -1.96. The normalized spacial score (nSPS) is 11.2. The molecule has 3 nitrogen and oxygen atoms in total. The summed E-state index contributed by atoms with van der Waals surface area (Å²) in [7, 11) is 0. The van der Waals surface area contributed by atoms with Gasteiger partial charge in [-0.3, -0.25) is 0 Å². The lowest BCUT2D eigenvalue weighted by Crippen LogP contribution is -1.85. The third kappa shape index (κ3) is 3.25. The number of aromatic nitrogens is 1. The predicted octanol–water partition coefficient (Wildman–Crippen LogP) is 4.69. The van der Waals surface area contributed by atoms with Crippen molar-refractivity contribution >= 4 is 32.7 Å². The molecular weight excluding hydrogens is 292 g/mol. The number of halogens is 1. The van der Waals surface area contributed by atoms with Gasteiger partial charge >= 0.3 is 0 Å². The van der Waals surface area contributed by atoms with Gasteiger partial charge in [-0.2, -0.15) is 0 Å². The highest BCUT2D eigenvalue weighted by molar-refractivity contribution is 9.10. The van der Waals surface area contributed by atoms with Crippen LogP contribution in [0.25, 0.3) is 11.1 Å². The second-order valence-electron chi connectivity index (χ2n) is 4.62. The molecule has 2 N–H and O–H groups in total. The lowest BCUT2D eigenvalue weighted by molar-refractivity contribution is 0.507. The number of unbranched alkanes of at least 4 members (excludes halogenated alkanes) is 4. The molecule has 0 radical (unpaired) electrons. The molecule has 4 heteroatoms. The molecule has 2 aromatic rings. The van der Waals surface area contributed by atoms with Crippen LogP contribution >= 0.6 is 15.9 Å². The van der Waals surface area contributed by atoms with E-state index in [4.69, 9.17) is 10.2 Å². The van der Waals surface area contributed by atoms with Crippen molar-refractivity contribution in [3.05, 3.63) is 22.5 Å². The maximum Gasteiger partial charge on any atom is 0.195 e. The zero-order chi connectivity index (χ0) is 13.0. The van der Waals surface area contributed by atoms with Gasteiger partial charge in [-0.1, -0.05) is 48.5 Å². The van der Waals surface area contributed by atoms with Crippen LogP contribution in [0.15, 0.2) is 21.0 Å². The van der Waals surface area contributed by atoms with E-state index >= 15 is 0 Å². The van der Waals surface area contributed by atoms with Crippen LogP contribution in [0.1, 0.15) is 44.9 Å². The first-order chi connectivity index (χ1) is 8.70. The van der Waals surface area contributed by atoms with Crippen LogP contribution in [-0.4, -0.2) is 4.98 Å². The fourth-order valence-corrected chi connectivity index (χ4v) is 2.52. The average molecular weight is 311 g/mol. The SMILES string of the molecule is CCCCCCCc1nc2cc(Br)cc(N)c2o1. The second-order valence-corrected chi connectivity index (χ2v) is 5.53. The van der Waals surface area contributed by atoms with Crippen molar-refractivity contribution in [2.45, 2.75) is 45.4 Å². The van der Waals surface area contributed by atoms with Crippen molar-refractivity contribution in [2.24, 2.45) is 0 Å². The Labute approximate surface area is 116 Å². The van der Waals surface area contributed by atoms with Gasteiger partial charge in [-0.15, -0.1) is 0 Å². The topological polar surface area (TPSA) is 52.0 Å². The first kappa shape index (κ1) is 13.4. The zero-order valence-electron chi connectivity index (χ0n) is 10.7. The highest BCUT2D eigenvalue weighted by atomic mass is 79.9. The molecule has 0 amide bonds. The molecule has 0 aliphatic carbocycles. The molecule has 0 saturated heterocycles. The first-order valence-electron chi connectivity index (χ1n) is 6.55. The lowest BCUT2D eigenvalue weighted by atomic mass is 10.1. The van der Waals surface area contributed by atoms with Gasteiger partial charge in [0.25, 0.3) is 0 Å². The summed E-state index contributed by atoms with van der Waals surface area (Å²) in [5, 5.41) is 0. The number of nitrogens with zero attached hydrogens (tertiary/aromatic N) is 1. The van der Waals surface area contributed by atoms with Crippen LogP contribution in [0, 0.1) is 0 Å². The number of rotatable bonds is 6. The summed E-state index contributed by atoms with van der Waals surface area (Å²) in [5.74, 6) is 0.797. The third-order valence-corrected chi connectivity index (χ3v) is 3.48. The third-order valence-electron chi connectivity index (χ3n) is 3.02. The van der Waals surface area contributed by atoms with Gasteiger partial charge in [-0.05, 0) is 18.6 Å². The minimum atomic E-state index is 0.643. The van der Waals surface area contributed by atoms with Crippen LogP contribution in [0.3, 0.4) is 0 Å². The Morgan fingerprint density at radius 1 is 1.22 bits per heavy atom. The summed E-state index contributed by atoms with van der Waals surface area (Å²) in [6.07, 6.45) is 7.15. The number of hydrogen-bond donors (Lipinski definition) is 1. The molecule has 1 aromatic heterocycles. The maximum absolute atomic E-state index is 5.90. The number of fused-ring (bicyclic) bond motifs is 1. The van der Waals surface area contributed by atoms with Crippen LogP contribution in [-0.2, 0) is 6.42 Å². The second kappa shape index (κ2) is 6.23. The number of anilines is 1. The van der Waals surface area contributed by atoms with Gasteiger partial charge in [0.2, 0.25) is 0 Å². The molecule has 0 spiro atoms. The Morgan fingerprint density at radius 3 is 2.78 bits per heavy atom. The van der Waals surface area contributed by atoms with E-state index in [-0.39, 0.29) is 0 Å². The van der Waals surface area contributed by atoms with Gasteiger partial charge in [0, 0.05) is 10.9 Å². The zero-order valence-corrected chi connectivity index (χ0v) is 12.3. The minimum absolute atomic E-state index is 0.643. The number of nitrogens with two attached hydrogens (primary N) is 1. The molecule has 0 aliphatic rings. The Kier molecular flexibility index (Phi) is 4.64. The van der Waals surface area contributed by atoms with Gasteiger partial charge in [0.1, 0.15) is 5.52 Å². The molecule has 0 atom stereocenters. The Balaban J connectivity index is 2.00. The van der Waals surface area contributed by atoms with Crippen LogP contribution in [0.4, 0.5) is 5.69 Å². The average Bonchev–Trinajstić information content (AvgIpc) is 2.72. The number of oxazole rings is 1. The highest BCUT2D eigenvalue weighted by Gasteiger charge is 2.09. The largest absolute Gasteiger partial charge is 0.439 e. The highest BCUT2D eigenvalue weighted by Crippen LogP contribution is 2.27. The molecule has 98 valence electrons. The monoisotopic (exact) mass is 310 g/mol. The fraction of sp³-hybridized carbons (Fsp3) is 0.500. The van der Waals surface area contributed by atoms with E-state index in [0.29, 0.717) is 11.3 Å². The van der Waals surface area contributed by atoms with Crippen LogP contribution < -0.4 is 5.73 Å². The summed E-state index contributed by atoms with van der Waals surface area (Å²) in [5.41, 5.74) is 8.09. The van der Waals surface area contributed by atoms with Crippen LogP contribution in [0.2, 0.25) is 0 Å². The quantitative estimate of drug-likeness (QED) is 0.622. The van der Waals surface area contributed by atoms with E-state index in [9.17, 15) is 0 Å². The fourth-order valence-electron chi connectivity index (χ4n) is 2.06. The number of benzene rings is 1. The van der Waals surface area contributed by atoms with E-state index in [0.717, 1.165) is 28.7 Å². The summed E-state index contributed by atoms with van der Waals surface area (Å²) < 4.78 is 6.64. The van der Waals surface area contributed by atoms with Gasteiger partial charge in [-0.25, -0.2) is 4.98 Å². The summed E-state index contributed by atoms with van der Waals surface area (Å²) in [4.78, 5) is 4.48. The van der Waals surface area contributed by atoms with Crippen molar-refractivity contribution in [2.75, 3.05) is 5.73 Å². The molecular formula is C14H19BrN2O. The van der Waals surface area contributed by atoms with Crippen molar-refractivity contribution in [3.63, 3.8) is 0 Å². The van der Waals surface area contributed by atoms with E-state index in [1.165, 1.54) is 25.7 Å². The smallest absolute Gasteiger partial charge is 0.195 e. The minimum Gasteiger partial charge on any atom is -0.439 e. The molecule has 1 aromatic carbocycles. The summed E-state index contributed by atoms with van der Waals surface area (Å²) in [6.45, 7) is 2.22. The summed E-state index contributed by atoms with van der Waals surface area (Å²) >= 11 is 3.41. The Bertz CT molecular complexity index is 522.